The van der Waals surface area contributed by atoms with Crippen molar-refractivity contribution in [2.45, 2.75) is 19.1 Å². The summed E-state index contributed by atoms with van der Waals surface area (Å²) in [6.07, 6.45) is 3.04. The van der Waals surface area contributed by atoms with Crippen LogP contribution >= 0.6 is 11.8 Å². The molecule has 1 amide bonds. The molecule has 2 N–H and O–H groups in total. The lowest BCUT2D eigenvalue weighted by Crippen LogP contribution is -2.26. The standard InChI is InChI=1S/C11H15N3O3S/c1-7(2)9(10(16)17)18-6-8(15)14-11-12-4-3-5-13-11/h3-5,7,9H,6H2,1-2H3,(H,16,17)(H,12,13,14,15). The monoisotopic (exact) mass is 269 g/mol. The fourth-order valence-corrected chi connectivity index (χ4v) is 2.17. The van der Waals surface area contributed by atoms with Crippen molar-refractivity contribution in [1.82, 2.24) is 9.97 Å². The van der Waals surface area contributed by atoms with Gasteiger partial charge in [0.1, 0.15) is 5.25 Å². The number of anilines is 1. The SMILES string of the molecule is CC(C)C(SCC(=O)Nc1ncccn1)C(=O)O. The fourth-order valence-electron chi connectivity index (χ4n) is 1.24. The van der Waals surface area contributed by atoms with Gasteiger partial charge < -0.3 is 5.11 Å². The number of carboxylic acids is 1. The first-order valence-corrected chi connectivity index (χ1v) is 6.47. The molecule has 1 heterocycles. The number of carbonyl (C=O) groups is 2. The number of nitrogens with zero attached hydrogens (tertiary/aromatic N) is 2. The van der Waals surface area contributed by atoms with Gasteiger partial charge in [-0.2, -0.15) is 0 Å². The first-order chi connectivity index (χ1) is 8.50. The predicted octanol–water partition coefficient (Wildman–Crippen LogP) is 1.26. The summed E-state index contributed by atoms with van der Waals surface area (Å²) in [7, 11) is 0. The van der Waals surface area contributed by atoms with E-state index in [1.807, 2.05) is 13.8 Å². The zero-order valence-electron chi connectivity index (χ0n) is 10.2. The second kappa shape index (κ2) is 6.95. The Kier molecular flexibility index (Phi) is 5.57. The van der Waals surface area contributed by atoms with Crippen molar-refractivity contribution in [1.29, 1.82) is 0 Å². The minimum absolute atomic E-state index is 0.0340. The quantitative estimate of drug-likeness (QED) is 0.807. The molecule has 1 unspecified atom stereocenters. The summed E-state index contributed by atoms with van der Waals surface area (Å²) in [5, 5.41) is 10.9. The lowest BCUT2D eigenvalue weighted by atomic mass is 10.1. The van der Waals surface area contributed by atoms with Crippen LogP contribution in [0, 0.1) is 5.92 Å². The van der Waals surface area contributed by atoms with E-state index in [-0.39, 0.29) is 23.5 Å². The summed E-state index contributed by atoms with van der Waals surface area (Å²) in [4.78, 5) is 30.2. The van der Waals surface area contributed by atoms with E-state index in [4.69, 9.17) is 5.11 Å². The average molecular weight is 269 g/mol. The van der Waals surface area contributed by atoms with Crippen molar-refractivity contribution in [2.24, 2.45) is 5.92 Å². The number of aliphatic carboxylic acids is 1. The lowest BCUT2D eigenvalue weighted by molar-refractivity contribution is -0.137. The molecule has 98 valence electrons. The maximum atomic E-state index is 11.6. The van der Waals surface area contributed by atoms with E-state index in [1.54, 1.807) is 6.07 Å². The van der Waals surface area contributed by atoms with Gasteiger partial charge in [-0.25, -0.2) is 9.97 Å². The molecular formula is C11H15N3O3S. The molecule has 0 radical (unpaired) electrons. The first-order valence-electron chi connectivity index (χ1n) is 5.42. The van der Waals surface area contributed by atoms with Gasteiger partial charge in [-0.15, -0.1) is 11.8 Å². The van der Waals surface area contributed by atoms with Crippen molar-refractivity contribution in [2.75, 3.05) is 11.1 Å². The van der Waals surface area contributed by atoms with Crippen LogP contribution in [-0.4, -0.2) is 38.0 Å². The number of rotatable bonds is 6. The van der Waals surface area contributed by atoms with Gasteiger partial charge in [0, 0.05) is 12.4 Å². The normalized spacial score (nSPS) is 12.2. The minimum Gasteiger partial charge on any atom is -0.480 e. The zero-order chi connectivity index (χ0) is 13.5. The maximum absolute atomic E-state index is 11.6. The van der Waals surface area contributed by atoms with Gasteiger partial charge >= 0.3 is 5.97 Å². The van der Waals surface area contributed by atoms with Gasteiger partial charge in [0.05, 0.1) is 5.75 Å². The van der Waals surface area contributed by atoms with Gasteiger partial charge in [0.2, 0.25) is 11.9 Å². The van der Waals surface area contributed by atoms with E-state index in [0.717, 1.165) is 11.8 Å². The predicted molar refractivity (Wildman–Crippen MR) is 69.4 cm³/mol. The van der Waals surface area contributed by atoms with E-state index in [9.17, 15) is 9.59 Å². The zero-order valence-corrected chi connectivity index (χ0v) is 11.0. The summed E-state index contributed by atoms with van der Waals surface area (Å²) in [6, 6.07) is 1.64. The first kappa shape index (κ1) is 14.4. The number of carboxylic acid groups (broad SMARTS) is 1. The molecule has 1 aromatic heterocycles. The number of carbonyl (C=O) groups excluding carboxylic acids is 1. The van der Waals surface area contributed by atoms with E-state index in [1.165, 1.54) is 12.4 Å². The molecule has 1 atom stereocenters. The van der Waals surface area contributed by atoms with E-state index >= 15 is 0 Å². The molecule has 0 aromatic carbocycles. The highest BCUT2D eigenvalue weighted by Crippen LogP contribution is 2.19. The Morgan fingerprint density at radius 2 is 2.00 bits per heavy atom. The van der Waals surface area contributed by atoms with Gasteiger partial charge in [-0.05, 0) is 12.0 Å². The smallest absolute Gasteiger partial charge is 0.316 e. The van der Waals surface area contributed by atoms with Crippen molar-refractivity contribution >= 4 is 29.6 Å². The molecule has 0 aliphatic carbocycles. The summed E-state index contributed by atoms with van der Waals surface area (Å²) in [5.41, 5.74) is 0. The average Bonchev–Trinajstić information content (AvgIpc) is 2.29. The summed E-state index contributed by atoms with van der Waals surface area (Å²) in [6.45, 7) is 3.62. The van der Waals surface area contributed by atoms with Crippen LogP contribution in [0.15, 0.2) is 18.5 Å². The van der Waals surface area contributed by atoms with E-state index in [0.29, 0.717) is 0 Å². The molecule has 0 saturated carbocycles. The highest BCUT2D eigenvalue weighted by Gasteiger charge is 2.22. The van der Waals surface area contributed by atoms with Crippen molar-refractivity contribution in [3.8, 4) is 0 Å². The molecule has 18 heavy (non-hydrogen) atoms. The number of nitrogens with one attached hydrogen (secondary N) is 1. The third-order valence-electron chi connectivity index (χ3n) is 2.06. The van der Waals surface area contributed by atoms with Crippen LogP contribution < -0.4 is 5.32 Å². The minimum atomic E-state index is -0.904. The molecule has 0 spiro atoms. The number of amides is 1. The van der Waals surface area contributed by atoms with Crippen LogP contribution in [0.25, 0.3) is 0 Å². The van der Waals surface area contributed by atoms with Crippen molar-refractivity contribution < 1.29 is 14.7 Å². The molecule has 0 fully saturated rings. The molecular weight excluding hydrogens is 254 g/mol. The van der Waals surface area contributed by atoms with E-state index < -0.39 is 11.2 Å². The molecule has 0 aliphatic heterocycles. The van der Waals surface area contributed by atoms with Crippen molar-refractivity contribution in [3.05, 3.63) is 18.5 Å². The van der Waals surface area contributed by atoms with E-state index in [2.05, 4.69) is 15.3 Å². The summed E-state index contributed by atoms with van der Waals surface area (Å²) < 4.78 is 0. The Balaban J connectivity index is 2.44. The van der Waals surface area contributed by atoms with Crippen LogP contribution in [0.3, 0.4) is 0 Å². The second-order valence-corrected chi connectivity index (χ2v) is 5.06. The Morgan fingerprint density at radius 1 is 1.39 bits per heavy atom. The number of hydrogen-bond donors (Lipinski definition) is 2. The van der Waals surface area contributed by atoms with Crippen LogP contribution in [0.1, 0.15) is 13.8 Å². The van der Waals surface area contributed by atoms with Gasteiger partial charge in [0.25, 0.3) is 0 Å². The third kappa shape index (κ3) is 4.70. The Bertz CT molecular complexity index is 411. The van der Waals surface area contributed by atoms with Crippen LogP contribution in [-0.2, 0) is 9.59 Å². The van der Waals surface area contributed by atoms with Gasteiger partial charge in [0.15, 0.2) is 0 Å². The third-order valence-corrected chi connectivity index (χ3v) is 3.59. The maximum Gasteiger partial charge on any atom is 0.316 e. The number of aromatic nitrogens is 2. The highest BCUT2D eigenvalue weighted by atomic mass is 32.2. The summed E-state index contributed by atoms with van der Waals surface area (Å²) in [5.74, 6) is -0.961. The largest absolute Gasteiger partial charge is 0.480 e. The molecule has 6 nitrogen and oxygen atoms in total. The highest BCUT2D eigenvalue weighted by molar-refractivity contribution is 8.01. The number of thioether (sulfide) groups is 1. The molecule has 0 bridgehead atoms. The molecule has 0 saturated heterocycles. The Labute approximate surface area is 109 Å². The topological polar surface area (TPSA) is 92.2 Å². The molecule has 1 rings (SSSR count). The van der Waals surface area contributed by atoms with Crippen LogP contribution in [0.5, 0.6) is 0 Å². The van der Waals surface area contributed by atoms with Crippen LogP contribution in [0.4, 0.5) is 5.95 Å². The second-order valence-electron chi connectivity index (χ2n) is 3.93. The van der Waals surface area contributed by atoms with Gasteiger partial charge in [-0.3, -0.25) is 14.9 Å². The number of hydrogen-bond acceptors (Lipinski definition) is 5. The van der Waals surface area contributed by atoms with Crippen LogP contribution in [0.2, 0.25) is 0 Å². The Morgan fingerprint density at radius 3 is 2.50 bits per heavy atom. The fraction of sp³-hybridized carbons (Fsp3) is 0.455. The molecule has 7 heteroatoms. The van der Waals surface area contributed by atoms with Crippen molar-refractivity contribution in [3.63, 3.8) is 0 Å². The van der Waals surface area contributed by atoms with Gasteiger partial charge in [-0.1, -0.05) is 13.8 Å². The molecule has 0 aliphatic rings. The Hall–Kier alpha value is -1.63. The summed E-state index contributed by atoms with van der Waals surface area (Å²) >= 11 is 1.10. The lowest BCUT2D eigenvalue weighted by Gasteiger charge is -2.14. The molecule has 1 aromatic rings.